The zero-order valence-electron chi connectivity index (χ0n) is 15.4. The molecule has 7 heteroatoms. The molecule has 0 fully saturated rings. The number of nitrogens with zero attached hydrogens (tertiary/aromatic N) is 2. The first-order valence-electron chi connectivity index (χ1n) is 9.06. The molecule has 1 aromatic carbocycles. The van der Waals surface area contributed by atoms with Gasteiger partial charge in [0, 0.05) is 10.6 Å². The van der Waals surface area contributed by atoms with Crippen molar-refractivity contribution >= 4 is 50.7 Å². The number of hydrogen-bond donors (Lipinski definition) is 2. The van der Waals surface area contributed by atoms with E-state index in [0.29, 0.717) is 16.9 Å². The molecule has 0 radical (unpaired) electrons. The fourth-order valence-electron chi connectivity index (χ4n) is 3.38. The maximum Gasteiger partial charge on any atom is 0.234 e. The average molecular weight is 399 g/mol. The topological polar surface area (TPSA) is 80.9 Å². The summed E-state index contributed by atoms with van der Waals surface area (Å²) in [5, 5.41) is 4.48. The van der Waals surface area contributed by atoms with Crippen molar-refractivity contribution in [1.82, 2.24) is 9.97 Å². The summed E-state index contributed by atoms with van der Waals surface area (Å²) >= 11 is 3.04. The van der Waals surface area contributed by atoms with Crippen molar-refractivity contribution in [2.24, 2.45) is 5.92 Å². The van der Waals surface area contributed by atoms with Gasteiger partial charge in [-0.1, -0.05) is 36.4 Å². The number of hydrogen-bond acceptors (Lipinski definition) is 6. The number of aryl methyl sites for hydroxylation is 2. The summed E-state index contributed by atoms with van der Waals surface area (Å²) in [5.41, 5.74) is 9.53. The third-order valence-electron chi connectivity index (χ3n) is 4.83. The predicted molar refractivity (Wildman–Crippen MR) is 114 cm³/mol. The Balaban J connectivity index is 1.47. The molecule has 4 rings (SSSR count). The van der Waals surface area contributed by atoms with E-state index in [9.17, 15) is 4.79 Å². The van der Waals surface area contributed by atoms with Gasteiger partial charge in [0.25, 0.3) is 0 Å². The Morgan fingerprint density at radius 1 is 1.33 bits per heavy atom. The van der Waals surface area contributed by atoms with Gasteiger partial charge in [0.2, 0.25) is 5.91 Å². The van der Waals surface area contributed by atoms with Crippen LogP contribution in [0.2, 0.25) is 0 Å². The number of carbonyl (C=O) groups excluding carboxylic acids is 1. The van der Waals surface area contributed by atoms with E-state index in [-0.39, 0.29) is 11.7 Å². The lowest BCUT2D eigenvalue weighted by Crippen LogP contribution is -2.14. The number of thiophene rings is 1. The van der Waals surface area contributed by atoms with Crippen LogP contribution in [0.3, 0.4) is 0 Å². The molecule has 0 spiro atoms. The minimum atomic E-state index is -0.0783. The van der Waals surface area contributed by atoms with E-state index < -0.39 is 0 Å². The lowest BCUT2D eigenvalue weighted by atomic mass is 9.89. The number of aromatic nitrogens is 2. The molecule has 3 N–H and O–H groups in total. The molecule has 3 aromatic rings. The molecule has 2 heterocycles. The van der Waals surface area contributed by atoms with E-state index in [1.807, 2.05) is 31.2 Å². The number of nitrogens with two attached hydrogens (primary N) is 1. The monoisotopic (exact) mass is 398 g/mol. The second-order valence-corrected chi connectivity index (χ2v) is 9.15. The molecule has 0 saturated carbocycles. The van der Waals surface area contributed by atoms with E-state index in [4.69, 9.17) is 5.73 Å². The highest BCUT2D eigenvalue weighted by atomic mass is 32.2. The molecular weight excluding hydrogens is 376 g/mol. The summed E-state index contributed by atoms with van der Waals surface area (Å²) < 4.78 is 0. The fourth-order valence-corrected chi connectivity index (χ4v) is 5.48. The third kappa shape index (κ3) is 3.94. The number of nitrogen functional groups attached to an aromatic ring is 1. The van der Waals surface area contributed by atoms with Gasteiger partial charge in [0.05, 0.1) is 11.1 Å². The third-order valence-corrected chi connectivity index (χ3v) is 6.83. The fraction of sp³-hybridized carbons (Fsp3) is 0.350. The lowest BCUT2D eigenvalue weighted by Gasteiger charge is -2.17. The first kappa shape index (κ1) is 18.3. The Morgan fingerprint density at radius 2 is 2.11 bits per heavy atom. The molecule has 1 unspecified atom stereocenters. The van der Waals surface area contributed by atoms with Gasteiger partial charge in [0.15, 0.2) is 5.16 Å². The number of fused-ring (bicyclic) bond motifs is 3. The van der Waals surface area contributed by atoms with Crippen molar-refractivity contribution in [3.8, 4) is 0 Å². The van der Waals surface area contributed by atoms with Crippen molar-refractivity contribution in [3.63, 3.8) is 0 Å². The molecule has 1 aliphatic carbocycles. The molecule has 0 saturated heterocycles. The van der Waals surface area contributed by atoms with Crippen LogP contribution in [0.1, 0.15) is 29.3 Å². The summed E-state index contributed by atoms with van der Waals surface area (Å²) in [6, 6.07) is 7.74. The van der Waals surface area contributed by atoms with Crippen LogP contribution in [-0.2, 0) is 17.6 Å². The van der Waals surface area contributed by atoms with Crippen LogP contribution in [0.15, 0.2) is 29.4 Å². The van der Waals surface area contributed by atoms with Crippen molar-refractivity contribution in [2.45, 2.75) is 38.3 Å². The number of anilines is 2. The molecule has 2 aromatic heterocycles. The normalized spacial score (nSPS) is 16.3. The Morgan fingerprint density at radius 3 is 2.89 bits per heavy atom. The largest absolute Gasteiger partial charge is 0.383 e. The SMILES string of the molecule is Cc1ccc(NC(=O)CSc2nc(N)c3c4c(sc3n2)CC(C)CC4)cc1. The van der Waals surface area contributed by atoms with Gasteiger partial charge in [0.1, 0.15) is 10.6 Å². The molecule has 0 bridgehead atoms. The summed E-state index contributed by atoms with van der Waals surface area (Å²) in [6.07, 6.45) is 3.33. The average Bonchev–Trinajstić information content (AvgIpc) is 2.99. The summed E-state index contributed by atoms with van der Waals surface area (Å²) in [7, 11) is 0. The Hall–Kier alpha value is -2.12. The van der Waals surface area contributed by atoms with Crippen LogP contribution in [0, 0.1) is 12.8 Å². The first-order chi connectivity index (χ1) is 13.0. The van der Waals surface area contributed by atoms with Crippen molar-refractivity contribution in [2.75, 3.05) is 16.8 Å². The van der Waals surface area contributed by atoms with E-state index in [2.05, 4.69) is 22.2 Å². The summed E-state index contributed by atoms with van der Waals surface area (Å²) in [4.78, 5) is 23.7. The molecule has 1 atom stereocenters. The molecular formula is C20H22N4OS2. The first-order valence-corrected chi connectivity index (χ1v) is 10.9. The molecule has 1 aliphatic rings. The van der Waals surface area contributed by atoms with Crippen LogP contribution >= 0.6 is 23.1 Å². The van der Waals surface area contributed by atoms with Gasteiger partial charge in [-0.2, -0.15) is 0 Å². The van der Waals surface area contributed by atoms with Crippen LogP contribution in [0.4, 0.5) is 11.5 Å². The highest BCUT2D eigenvalue weighted by Gasteiger charge is 2.23. The highest BCUT2D eigenvalue weighted by molar-refractivity contribution is 7.99. The van der Waals surface area contributed by atoms with Crippen LogP contribution in [-0.4, -0.2) is 21.6 Å². The van der Waals surface area contributed by atoms with E-state index in [1.54, 1.807) is 11.3 Å². The van der Waals surface area contributed by atoms with Gasteiger partial charge in [-0.25, -0.2) is 9.97 Å². The standard InChI is InChI=1S/C20H22N4OS2/c1-11-3-6-13(7-4-11)22-16(25)10-26-20-23-18(21)17-14-8-5-12(2)9-15(14)27-19(17)24-20/h3-4,6-7,12H,5,8-10H2,1-2H3,(H,22,25)(H2,21,23,24). The minimum absolute atomic E-state index is 0.0783. The predicted octanol–water partition coefficient (Wildman–Crippen LogP) is 4.44. The van der Waals surface area contributed by atoms with Crippen LogP contribution in [0.25, 0.3) is 10.2 Å². The van der Waals surface area contributed by atoms with Crippen LogP contribution in [0.5, 0.6) is 0 Å². The van der Waals surface area contributed by atoms with E-state index in [1.165, 1.54) is 28.6 Å². The zero-order valence-corrected chi connectivity index (χ0v) is 17.0. The smallest absolute Gasteiger partial charge is 0.234 e. The number of benzene rings is 1. The number of amides is 1. The second-order valence-electron chi connectivity index (χ2n) is 7.13. The second kappa shape index (κ2) is 7.48. The number of nitrogens with one attached hydrogen (secondary N) is 1. The molecule has 0 aliphatic heterocycles. The number of rotatable bonds is 4. The lowest BCUT2D eigenvalue weighted by molar-refractivity contribution is -0.113. The number of thioether (sulfide) groups is 1. The van der Waals surface area contributed by atoms with Gasteiger partial charge in [-0.15, -0.1) is 11.3 Å². The molecule has 140 valence electrons. The molecule has 27 heavy (non-hydrogen) atoms. The Labute approximate surface area is 166 Å². The summed E-state index contributed by atoms with van der Waals surface area (Å²) in [5.74, 6) is 1.42. The quantitative estimate of drug-likeness (QED) is 0.502. The van der Waals surface area contributed by atoms with E-state index >= 15 is 0 Å². The Kier molecular flexibility index (Phi) is 5.06. The highest BCUT2D eigenvalue weighted by Crippen LogP contribution is 2.39. The maximum atomic E-state index is 12.2. The molecule has 5 nitrogen and oxygen atoms in total. The van der Waals surface area contributed by atoms with Gasteiger partial charge < -0.3 is 11.1 Å². The van der Waals surface area contributed by atoms with Crippen molar-refractivity contribution in [1.29, 1.82) is 0 Å². The van der Waals surface area contributed by atoms with Gasteiger partial charge in [-0.3, -0.25) is 4.79 Å². The number of carbonyl (C=O) groups is 1. The Bertz CT molecular complexity index is 997. The van der Waals surface area contributed by atoms with Gasteiger partial charge >= 0.3 is 0 Å². The van der Waals surface area contributed by atoms with Crippen LogP contribution < -0.4 is 11.1 Å². The maximum absolute atomic E-state index is 12.2. The van der Waals surface area contributed by atoms with Crippen molar-refractivity contribution < 1.29 is 4.79 Å². The van der Waals surface area contributed by atoms with Gasteiger partial charge in [-0.05, 0) is 49.8 Å². The zero-order chi connectivity index (χ0) is 19.0. The summed E-state index contributed by atoms with van der Waals surface area (Å²) in [6.45, 7) is 4.30. The molecule has 1 amide bonds. The van der Waals surface area contributed by atoms with E-state index in [0.717, 1.165) is 34.3 Å². The minimum Gasteiger partial charge on any atom is -0.383 e. The van der Waals surface area contributed by atoms with Crippen molar-refractivity contribution in [3.05, 3.63) is 40.3 Å².